The highest BCUT2D eigenvalue weighted by Gasteiger charge is 2.22. The van der Waals surface area contributed by atoms with Crippen LogP contribution in [0.15, 0.2) is 12.2 Å². The molecule has 2 amide bonds. The second-order valence-electron chi connectivity index (χ2n) is 19.5. The second-order valence-corrected chi connectivity index (χ2v) is 19.5. The summed E-state index contributed by atoms with van der Waals surface area (Å²) in [5, 5.41) is 16.9. The molecule has 0 aliphatic carbocycles. The molecule has 13 nitrogen and oxygen atoms in total. The van der Waals surface area contributed by atoms with Gasteiger partial charge in [-0.05, 0) is 64.2 Å². The van der Waals surface area contributed by atoms with Crippen molar-refractivity contribution >= 4 is 29.7 Å². The number of likely N-dealkylation sites (N-methyl/N-ethyl adjacent to an activating group) is 2. The van der Waals surface area contributed by atoms with Gasteiger partial charge in [-0.2, -0.15) is 0 Å². The van der Waals surface area contributed by atoms with Crippen molar-refractivity contribution in [3.8, 4) is 0 Å². The number of amides is 2. The maximum Gasteiger partial charge on any atom is 0.306 e. The van der Waals surface area contributed by atoms with Crippen LogP contribution in [0.5, 0.6) is 0 Å². The smallest absolute Gasteiger partial charge is 0.306 e. The van der Waals surface area contributed by atoms with E-state index in [1.807, 2.05) is 27.2 Å². The zero-order valence-electron chi connectivity index (χ0n) is 41.5. The number of hydrogen-bond acceptors (Lipinski definition) is 9. The van der Waals surface area contributed by atoms with Crippen molar-refractivity contribution in [3.05, 3.63) is 12.2 Å². The summed E-state index contributed by atoms with van der Waals surface area (Å²) in [6.45, 7) is 5.84. The van der Waals surface area contributed by atoms with Crippen LogP contribution in [0.25, 0.3) is 0 Å². The van der Waals surface area contributed by atoms with Crippen LogP contribution in [-0.2, 0) is 38.2 Å². The van der Waals surface area contributed by atoms with Crippen molar-refractivity contribution in [1.82, 2.24) is 10.6 Å². The molecular formula is C50H96N4O9+2. The molecule has 0 aromatic heterocycles. The van der Waals surface area contributed by atoms with Gasteiger partial charge >= 0.3 is 17.9 Å². The average molecular weight is 897 g/mol. The summed E-state index contributed by atoms with van der Waals surface area (Å²) in [5.41, 5.74) is 0. The minimum atomic E-state index is -0.756. The van der Waals surface area contributed by atoms with E-state index < -0.39 is 12.2 Å². The van der Waals surface area contributed by atoms with E-state index in [1.54, 1.807) is 0 Å². The zero-order valence-corrected chi connectivity index (χ0v) is 41.5. The lowest BCUT2D eigenvalue weighted by Gasteiger charge is -2.23. The zero-order chi connectivity index (χ0) is 47.0. The summed E-state index contributed by atoms with van der Waals surface area (Å²) < 4.78 is 17.6. The fraction of sp³-hybridized carbons (Fsp3) is 0.860. The summed E-state index contributed by atoms with van der Waals surface area (Å²) in [6.07, 6.45) is 27.1. The van der Waals surface area contributed by atoms with E-state index in [1.165, 1.54) is 38.5 Å². The van der Waals surface area contributed by atoms with Gasteiger partial charge in [0.15, 0.2) is 0 Å². The molecule has 2 unspecified atom stereocenters. The highest BCUT2D eigenvalue weighted by Crippen LogP contribution is 2.17. The third-order valence-electron chi connectivity index (χ3n) is 11.0. The first-order valence-corrected chi connectivity index (χ1v) is 25.0. The molecule has 0 heterocycles. The maximum atomic E-state index is 12.5. The Morgan fingerprint density at radius 3 is 1.43 bits per heavy atom. The lowest BCUT2D eigenvalue weighted by atomic mass is 10.0. The number of esters is 3. The predicted molar refractivity (Wildman–Crippen MR) is 254 cm³/mol. The number of aliphatic hydroxyl groups excluding tert-OH is 1. The molecule has 368 valence electrons. The fourth-order valence-electron chi connectivity index (χ4n) is 6.81. The Kier molecular flexibility index (Phi) is 37.5. The normalized spacial score (nSPS) is 12.8. The van der Waals surface area contributed by atoms with Crippen LogP contribution in [0.2, 0.25) is 0 Å². The van der Waals surface area contributed by atoms with Crippen molar-refractivity contribution in [2.45, 2.75) is 199 Å². The molecule has 0 bridgehead atoms. The molecule has 0 aromatic carbocycles. The Hall–Kier alpha value is -3.03. The van der Waals surface area contributed by atoms with Crippen LogP contribution < -0.4 is 10.6 Å². The SMILES string of the molecule is CCCCCC(OC(=O)CCCC(=O)OCC[N+](C)(C)C)C(O)C/C=C\CCCCCCCC(=O)NCCCCCCCCCCCCNC(=O)CCCC(=O)OCC[N+](C)(C)C. The van der Waals surface area contributed by atoms with Gasteiger partial charge in [0, 0.05) is 45.2 Å². The number of ether oxygens (including phenoxy) is 3. The summed E-state index contributed by atoms with van der Waals surface area (Å²) in [4.78, 5) is 60.6. The Balaban J connectivity index is 3.77. The number of aliphatic hydroxyl groups is 1. The third-order valence-corrected chi connectivity index (χ3v) is 11.0. The molecule has 0 rings (SSSR count). The summed E-state index contributed by atoms with van der Waals surface area (Å²) >= 11 is 0. The van der Waals surface area contributed by atoms with E-state index in [2.05, 4.69) is 44.8 Å². The topological polar surface area (TPSA) is 157 Å². The fourth-order valence-corrected chi connectivity index (χ4v) is 6.81. The van der Waals surface area contributed by atoms with Gasteiger partial charge in [0.25, 0.3) is 0 Å². The number of hydrogen-bond donors (Lipinski definition) is 3. The van der Waals surface area contributed by atoms with Crippen LogP contribution in [0.4, 0.5) is 0 Å². The highest BCUT2D eigenvalue weighted by atomic mass is 16.6. The lowest BCUT2D eigenvalue weighted by Crippen LogP contribution is -2.38. The van der Waals surface area contributed by atoms with Gasteiger partial charge in [-0.3, -0.25) is 24.0 Å². The molecular weight excluding hydrogens is 801 g/mol. The molecule has 2 atom stereocenters. The lowest BCUT2D eigenvalue weighted by molar-refractivity contribution is -0.870. The third kappa shape index (κ3) is 44.0. The molecule has 0 saturated heterocycles. The number of allylic oxidation sites excluding steroid dienone is 1. The molecule has 3 N–H and O–H groups in total. The number of rotatable bonds is 43. The first-order valence-electron chi connectivity index (χ1n) is 25.0. The van der Waals surface area contributed by atoms with Gasteiger partial charge in [-0.15, -0.1) is 0 Å². The van der Waals surface area contributed by atoms with Crippen LogP contribution in [0.3, 0.4) is 0 Å². The second kappa shape index (κ2) is 39.3. The molecule has 0 fully saturated rings. The predicted octanol–water partition coefficient (Wildman–Crippen LogP) is 8.49. The maximum absolute atomic E-state index is 12.5. The Bertz CT molecular complexity index is 1220. The minimum absolute atomic E-state index is 0.0113. The highest BCUT2D eigenvalue weighted by molar-refractivity contribution is 5.77. The molecule has 0 saturated carbocycles. The van der Waals surface area contributed by atoms with Gasteiger partial charge in [0.1, 0.15) is 32.4 Å². The quantitative estimate of drug-likeness (QED) is 0.0180. The van der Waals surface area contributed by atoms with E-state index in [0.29, 0.717) is 62.8 Å². The Labute approximate surface area is 384 Å². The summed E-state index contributed by atoms with van der Waals surface area (Å²) in [6, 6.07) is 0. The largest absolute Gasteiger partial charge is 0.460 e. The Morgan fingerprint density at radius 2 is 0.937 bits per heavy atom. The van der Waals surface area contributed by atoms with Crippen molar-refractivity contribution in [3.63, 3.8) is 0 Å². The van der Waals surface area contributed by atoms with E-state index in [9.17, 15) is 29.1 Å². The number of unbranched alkanes of at least 4 members (excludes halogenated alkanes) is 16. The molecule has 0 aromatic rings. The van der Waals surface area contributed by atoms with Crippen LogP contribution in [-0.4, -0.2) is 138 Å². The van der Waals surface area contributed by atoms with Gasteiger partial charge in [0.05, 0.1) is 48.4 Å². The number of carbonyl (C=O) groups excluding carboxylic acids is 5. The molecule has 0 aliphatic rings. The van der Waals surface area contributed by atoms with Gasteiger partial charge in [0.2, 0.25) is 11.8 Å². The van der Waals surface area contributed by atoms with E-state index in [0.717, 1.165) is 108 Å². The van der Waals surface area contributed by atoms with Crippen molar-refractivity contribution in [1.29, 1.82) is 0 Å². The number of quaternary nitrogens is 2. The number of carbonyl (C=O) groups is 5. The van der Waals surface area contributed by atoms with Gasteiger partial charge in [-0.1, -0.05) is 103 Å². The van der Waals surface area contributed by atoms with Crippen molar-refractivity contribution in [2.75, 3.05) is 81.7 Å². The monoisotopic (exact) mass is 897 g/mol. The average Bonchev–Trinajstić information content (AvgIpc) is 3.20. The molecule has 13 heteroatoms. The Morgan fingerprint density at radius 1 is 0.508 bits per heavy atom. The molecule has 0 aliphatic heterocycles. The summed E-state index contributed by atoms with van der Waals surface area (Å²) in [5.74, 6) is -0.744. The first kappa shape index (κ1) is 60.0. The van der Waals surface area contributed by atoms with Crippen LogP contribution in [0, 0.1) is 0 Å². The molecule has 0 spiro atoms. The van der Waals surface area contributed by atoms with E-state index in [-0.39, 0.29) is 49.0 Å². The number of nitrogens with zero attached hydrogens (tertiary/aromatic N) is 2. The van der Waals surface area contributed by atoms with Gasteiger partial charge < -0.3 is 38.9 Å². The van der Waals surface area contributed by atoms with Crippen molar-refractivity contribution < 1.29 is 52.3 Å². The standard InChI is InChI=1S/C50H94N4O9/c1-8-9-24-32-45(63-50(60)37-30-36-49(59)62-43-41-54(5,6)7)44(55)31-25-20-16-12-13-17-21-26-33-46(56)51-38-27-22-18-14-10-11-15-19-23-28-39-52-47(57)34-29-35-48(58)61-42-40-53(2,3)4/h20,25,44-45,55H,8-19,21-24,26-43H2,1-7H3/p+2/b25-20-. The van der Waals surface area contributed by atoms with E-state index >= 15 is 0 Å². The minimum Gasteiger partial charge on any atom is -0.460 e. The number of nitrogens with one attached hydrogen (secondary N) is 2. The first-order chi connectivity index (χ1) is 30.0. The molecule has 0 radical (unpaired) electrons. The van der Waals surface area contributed by atoms with Crippen LogP contribution >= 0.6 is 0 Å². The van der Waals surface area contributed by atoms with E-state index in [4.69, 9.17) is 14.2 Å². The van der Waals surface area contributed by atoms with Gasteiger partial charge in [-0.25, -0.2) is 0 Å². The van der Waals surface area contributed by atoms with Crippen LogP contribution in [0.1, 0.15) is 187 Å². The summed E-state index contributed by atoms with van der Waals surface area (Å²) in [7, 11) is 12.3. The van der Waals surface area contributed by atoms with Crippen molar-refractivity contribution in [2.24, 2.45) is 0 Å². The molecule has 63 heavy (non-hydrogen) atoms.